The second-order valence-corrected chi connectivity index (χ2v) is 3.42. The molecule has 9 heteroatoms. The van der Waals surface area contributed by atoms with E-state index < -0.39 is 39.7 Å². The van der Waals surface area contributed by atoms with Crippen LogP contribution in [0.3, 0.4) is 0 Å². The molecule has 1 aromatic rings. The molecule has 98 valence electrons. The first-order valence-electron chi connectivity index (χ1n) is 4.23. The normalized spacial score (nSPS) is 11.1. The van der Waals surface area contributed by atoms with Gasteiger partial charge in [-0.1, -0.05) is 11.6 Å². The highest BCUT2D eigenvalue weighted by molar-refractivity contribution is 6.35. The summed E-state index contributed by atoms with van der Waals surface area (Å²) in [5, 5.41) is 7.90. The largest absolute Gasteiger partial charge is 0.478 e. The van der Waals surface area contributed by atoms with Gasteiger partial charge in [-0.05, 0) is 6.07 Å². The topological polar surface area (TPSA) is 89.6 Å². The van der Waals surface area contributed by atoms with Crippen LogP contribution in [0.15, 0.2) is 6.07 Å². The lowest BCUT2D eigenvalue weighted by molar-refractivity contribution is -0.139. The number of carbonyl (C=O) groups excluding carboxylic acids is 1. The maximum absolute atomic E-state index is 12.6. The second-order valence-electron chi connectivity index (χ2n) is 3.05. The maximum atomic E-state index is 12.6. The first-order chi connectivity index (χ1) is 8.20. The SMILES string of the molecule is Nc1c(C(=O)O)cc(C(F)(F)F)c(OC=O)c1Cl. The molecule has 0 fully saturated rings. The van der Waals surface area contributed by atoms with E-state index in [0.29, 0.717) is 0 Å². The van der Waals surface area contributed by atoms with Crippen LogP contribution < -0.4 is 10.5 Å². The molecular weight excluding hydrogens is 279 g/mol. The summed E-state index contributed by atoms with van der Waals surface area (Å²) < 4.78 is 42.0. The van der Waals surface area contributed by atoms with Crippen molar-refractivity contribution >= 4 is 29.7 Å². The molecule has 0 atom stereocenters. The molecule has 0 aliphatic carbocycles. The van der Waals surface area contributed by atoms with Crippen LogP contribution in [0.1, 0.15) is 15.9 Å². The van der Waals surface area contributed by atoms with Crippen molar-refractivity contribution in [2.45, 2.75) is 6.18 Å². The Bertz CT molecular complexity index is 516. The van der Waals surface area contributed by atoms with Crippen molar-refractivity contribution < 1.29 is 32.6 Å². The minimum atomic E-state index is -4.94. The van der Waals surface area contributed by atoms with Gasteiger partial charge in [-0.3, -0.25) is 4.79 Å². The van der Waals surface area contributed by atoms with Gasteiger partial charge in [0.2, 0.25) is 0 Å². The number of carboxylic acid groups (broad SMARTS) is 1. The van der Waals surface area contributed by atoms with Gasteiger partial charge >= 0.3 is 12.1 Å². The van der Waals surface area contributed by atoms with Crippen molar-refractivity contribution in [3.8, 4) is 5.75 Å². The van der Waals surface area contributed by atoms with Crippen LogP contribution in [0.5, 0.6) is 5.75 Å². The number of anilines is 1. The average molecular weight is 284 g/mol. The van der Waals surface area contributed by atoms with Gasteiger partial charge in [0.1, 0.15) is 10.6 Å². The van der Waals surface area contributed by atoms with Crippen molar-refractivity contribution in [2.75, 3.05) is 5.73 Å². The third-order valence-electron chi connectivity index (χ3n) is 1.96. The van der Waals surface area contributed by atoms with Gasteiger partial charge in [-0.2, -0.15) is 13.2 Å². The van der Waals surface area contributed by atoms with E-state index in [4.69, 9.17) is 22.4 Å². The fourth-order valence-corrected chi connectivity index (χ4v) is 1.45. The number of benzene rings is 1. The summed E-state index contributed by atoms with van der Waals surface area (Å²) in [6.45, 7) is -0.268. The van der Waals surface area contributed by atoms with E-state index in [1.54, 1.807) is 0 Å². The maximum Gasteiger partial charge on any atom is 0.420 e. The highest BCUT2D eigenvalue weighted by atomic mass is 35.5. The lowest BCUT2D eigenvalue weighted by Crippen LogP contribution is -2.13. The summed E-state index contributed by atoms with van der Waals surface area (Å²) >= 11 is 5.46. The number of hydrogen-bond acceptors (Lipinski definition) is 4. The summed E-state index contributed by atoms with van der Waals surface area (Å²) in [7, 11) is 0. The molecule has 0 bridgehead atoms. The molecule has 18 heavy (non-hydrogen) atoms. The molecule has 0 radical (unpaired) electrons. The Morgan fingerprint density at radius 2 is 2.06 bits per heavy atom. The van der Waals surface area contributed by atoms with Gasteiger partial charge in [0, 0.05) is 0 Å². The van der Waals surface area contributed by atoms with Crippen molar-refractivity contribution in [3.05, 3.63) is 22.2 Å². The number of carbonyl (C=O) groups is 2. The Kier molecular flexibility index (Phi) is 3.70. The molecule has 0 heterocycles. The van der Waals surface area contributed by atoms with Crippen molar-refractivity contribution in [2.24, 2.45) is 0 Å². The number of nitrogens with two attached hydrogens (primary N) is 1. The molecule has 0 aromatic heterocycles. The number of halogens is 4. The van der Waals surface area contributed by atoms with Gasteiger partial charge in [-0.15, -0.1) is 0 Å². The fraction of sp³-hybridized carbons (Fsp3) is 0.111. The first-order valence-corrected chi connectivity index (χ1v) is 4.60. The zero-order valence-electron chi connectivity index (χ0n) is 8.42. The van der Waals surface area contributed by atoms with Crippen LogP contribution in [0, 0.1) is 0 Å². The summed E-state index contributed by atoms with van der Waals surface area (Å²) in [5.41, 5.74) is 2.31. The van der Waals surface area contributed by atoms with E-state index in [-0.39, 0.29) is 12.5 Å². The quantitative estimate of drug-likeness (QED) is 0.655. The molecule has 3 N–H and O–H groups in total. The van der Waals surface area contributed by atoms with Gasteiger partial charge in [0.05, 0.1) is 11.3 Å². The summed E-state index contributed by atoms with van der Waals surface area (Å²) in [4.78, 5) is 20.8. The number of carboxylic acids is 1. The van der Waals surface area contributed by atoms with E-state index in [0.717, 1.165) is 0 Å². The van der Waals surface area contributed by atoms with Crippen LogP contribution in [0.2, 0.25) is 5.02 Å². The number of nitrogen functional groups attached to an aromatic ring is 1. The van der Waals surface area contributed by atoms with Crippen LogP contribution in [0.25, 0.3) is 0 Å². The van der Waals surface area contributed by atoms with E-state index in [2.05, 4.69) is 4.74 Å². The minimum absolute atomic E-state index is 0.252. The van der Waals surface area contributed by atoms with Crippen molar-refractivity contribution in [1.82, 2.24) is 0 Å². The number of aromatic carboxylic acids is 1. The van der Waals surface area contributed by atoms with E-state index >= 15 is 0 Å². The smallest absolute Gasteiger partial charge is 0.420 e. The highest BCUT2D eigenvalue weighted by Gasteiger charge is 2.38. The van der Waals surface area contributed by atoms with Crippen LogP contribution in [-0.2, 0) is 11.0 Å². The van der Waals surface area contributed by atoms with Gasteiger partial charge < -0.3 is 15.6 Å². The highest BCUT2D eigenvalue weighted by Crippen LogP contribution is 2.44. The zero-order chi connectivity index (χ0) is 14.1. The summed E-state index contributed by atoms with van der Waals surface area (Å²) in [6, 6.07) is 0.252. The average Bonchev–Trinajstić information content (AvgIpc) is 2.23. The lowest BCUT2D eigenvalue weighted by atomic mass is 10.1. The molecule has 0 aliphatic heterocycles. The summed E-state index contributed by atoms with van der Waals surface area (Å²) in [5.74, 6) is -2.71. The number of alkyl halides is 3. The Labute approximate surface area is 103 Å². The Morgan fingerprint density at radius 1 is 1.50 bits per heavy atom. The minimum Gasteiger partial charge on any atom is -0.478 e. The molecule has 0 spiro atoms. The second kappa shape index (κ2) is 4.73. The van der Waals surface area contributed by atoms with Gasteiger partial charge in [0.15, 0.2) is 5.75 Å². The zero-order valence-corrected chi connectivity index (χ0v) is 9.17. The number of ether oxygens (including phenoxy) is 1. The van der Waals surface area contributed by atoms with Crippen LogP contribution >= 0.6 is 11.6 Å². The lowest BCUT2D eigenvalue weighted by Gasteiger charge is -2.15. The molecule has 5 nitrogen and oxygen atoms in total. The fourth-order valence-electron chi connectivity index (χ4n) is 1.20. The number of hydrogen-bond donors (Lipinski definition) is 2. The van der Waals surface area contributed by atoms with Crippen molar-refractivity contribution in [1.29, 1.82) is 0 Å². The van der Waals surface area contributed by atoms with Crippen molar-refractivity contribution in [3.63, 3.8) is 0 Å². The molecule has 1 rings (SSSR count). The predicted molar refractivity (Wildman–Crippen MR) is 54.5 cm³/mol. The molecular formula is C9H5ClF3NO4. The Morgan fingerprint density at radius 3 is 2.44 bits per heavy atom. The standard InChI is InChI=1S/C9H5ClF3NO4/c10-5-6(14)3(8(16)17)1-4(9(11,12)13)7(5)18-2-15/h1-2H,14H2,(H,16,17). The summed E-state index contributed by atoms with van der Waals surface area (Å²) in [6.07, 6.45) is -4.94. The molecule has 0 unspecified atom stereocenters. The van der Waals surface area contributed by atoms with Gasteiger partial charge in [0.25, 0.3) is 6.47 Å². The molecule has 0 saturated heterocycles. The van der Waals surface area contributed by atoms with Gasteiger partial charge in [-0.25, -0.2) is 4.79 Å². The van der Waals surface area contributed by atoms with Crippen LogP contribution in [0.4, 0.5) is 18.9 Å². The predicted octanol–water partition coefficient (Wildman–Crippen LogP) is 2.17. The third-order valence-corrected chi connectivity index (χ3v) is 2.34. The Balaban J connectivity index is 3.66. The first kappa shape index (κ1) is 14.1. The molecule has 1 aromatic carbocycles. The van der Waals surface area contributed by atoms with E-state index in [1.807, 2.05) is 0 Å². The molecule has 0 aliphatic rings. The van der Waals surface area contributed by atoms with Crippen LogP contribution in [-0.4, -0.2) is 17.5 Å². The van der Waals surface area contributed by atoms with E-state index in [1.165, 1.54) is 0 Å². The molecule has 0 saturated carbocycles. The van der Waals surface area contributed by atoms with E-state index in [9.17, 15) is 22.8 Å². The third kappa shape index (κ3) is 2.48. The number of rotatable bonds is 3. The monoisotopic (exact) mass is 283 g/mol. The molecule has 0 amide bonds. The Hall–Kier alpha value is -1.96.